The first-order valence-electron chi connectivity index (χ1n) is 9.68. The maximum absolute atomic E-state index is 13.0. The number of esters is 1. The molecular formula is C23H24ClNO3S2. The number of hydrogen-bond donors (Lipinski definition) is 1. The van der Waals surface area contributed by atoms with Gasteiger partial charge in [-0.2, -0.15) is 0 Å². The molecule has 0 saturated heterocycles. The average molecular weight is 462 g/mol. The Kier molecular flexibility index (Phi) is 7.01. The second-order valence-corrected chi connectivity index (χ2v) is 10.5. The minimum atomic E-state index is -0.447. The van der Waals surface area contributed by atoms with Crippen molar-refractivity contribution < 1.29 is 14.3 Å². The van der Waals surface area contributed by atoms with Crippen LogP contribution in [0.1, 0.15) is 64.1 Å². The quantitative estimate of drug-likeness (QED) is 0.389. The van der Waals surface area contributed by atoms with E-state index in [-0.39, 0.29) is 12.0 Å². The van der Waals surface area contributed by atoms with Crippen LogP contribution in [0, 0.1) is 6.92 Å². The summed E-state index contributed by atoms with van der Waals surface area (Å²) in [6.45, 7) is 9.84. The SMILES string of the molecule is Cc1sc(NC(=O)c2ccc(Cl)s2)c(C(=O)OC(C)C)c1-c1ccc(C(C)C)cc1. The second kappa shape index (κ2) is 9.33. The van der Waals surface area contributed by atoms with E-state index in [1.165, 1.54) is 28.2 Å². The molecule has 0 unspecified atom stereocenters. The molecule has 0 fully saturated rings. The first-order valence-corrected chi connectivity index (χ1v) is 11.7. The Morgan fingerprint density at radius 2 is 1.67 bits per heavy atom. The molecule has 3 rings (SSSR count). The normalized spacial score (nSPS) is 11.2. The van der Waals surface area contributed by atoms with Gasteiger partial charge >= 0.3 is 5.97 Å². The summed E-state index contributed by atoms with van der Waals surface area (Å²) >= 11 is 8.52. The summed E-state index contributed by atoms with van der Waals surface area (Å²) in [7, 11) is 0. The number of nitrogens with one attached hydrogen (secondary N) is 1. The Morgan fingerprint density at radius 3 is 2.20 bits per heavy atom. The molecule has 0 spiro atoms. The third-order valence-corrected chi connectivity index (χ3v) is 6.77. The fourth-order valence-corrected chi connectivity index (χ4v) is 5.08. The Bertz CT molecular complexity index is 1060. The molecule has 7 heteroatoms. The van der Waals surface area contributed by atoms with Crippen molar-refractivity contribution in [1.29, 1.82) is 0 Å². The summed E-state index contributed by atoms with van der Waals surface area (Å²) in [5.41, 5.74) is 3.32. The van der Waals surface area contributed by atoms with Gasteiger partial charge in [0.25, 0.3) is 5.91 Å². The van der Waals surface area contributed by atoms with Crippen LogP contribution < -0.4 is 5.32 Å². The minimum Gasteiger partial charge on any atom is -0.459 e. The minimum absolute atomic E-state index is 0.270. The van der Waals surface area contributed by atoms with Crippen molar-refractivity contribution in [2.75, 3.05) is 5.32 Å². The molecule has 0 atom stereocenters. The third-order valence-electron chi connectivity index (χ3n) is 4.52. The lowest BCUT2D eigenvalue weighted by Crippen LogP contribution is -2.16. The number of halogens is 1. The van der Waals surface area contributed by atoms with Crippen LogP contribution in [0.4, 0.5) is 5.00 Å². The van der Waals surface area contributed by atoms with Crippen molar-refractivity contribution in [3.05, 3.63) is 61.6 Å². The van der Waals surface area contributed by atoms with Crippen LogP contribution in [-0.2, 0) is 4.74 Å². The van der Waals surface area contributed by atoms with Crippen LogP contribution in [-0.4, -0.2) is 18.0 Å². The van der Waals surface area contributed by atoms with Gasteiger partial charge in [-0.05, 0) is 49.9 Å². The van der Waals surface area contributed by atoms with Crippen molar-refractivity contribution in [2.45, 2.75) is 46.6 Å². The number of carbonyl (C=O) groups excluding carboxylic acids is 2. The van der Waals surface area contributed by atoms with E-state index in [1.54, 1.807) is 26.0 Å². The lowest BCUT2D eigenvalue weighted by atomic mass is 9.97. The first-order chi connectivity index (χ1) is 14.2. The summed E-state index contributed by atoms with van der Waals surface area (Å²) in [6, 6.07) is 11.5. The maximum atomic E-state index is 13.0. The molecule has 3 aromatic rings. The number of anilines is 1. The van der Waals surface area contributed by atoms with Gasteiger partial charge in [-0.25, -0.2) is 4.79 Å². The molecule has 0 saturated carbocycles. The molecule has 0 aliphatic rings. The number of thiophene rings is 2. The molecule has 4 nitrogen and oxygen atoms in total. The van der Waals surface area contributed by atoms with Crippen molar-refractivity contribution in [2.24, 2.45) is 0 Å². The van der Waals surface area contributed by atoms with Crippen LogP contribution in [0.2, 0.25) is 4.34 Å². The van der Waals surface area contributed by atoms with Gasteiger partial charge in [-0.15, -0.1) is 22.7 Å². The number of amides is 1. The van der Waals surface area contributed by atoms with Crippen molar-refractivity contribution >= 4 is 51.2 Å². The van der Waals surface area contributed by atoms with Crippen LogP contribution in [0.5, 0.6) is 0 Å². The second-order valence-electron chi connectivity index (χ2n) is 7.53. The van der Waals surface area contributed by atoms with E-state index in [9.17, 15) is 9.59 Å². The first kappa shape index (κ1) is 22.5. The zero-order valence-electron chi connectivity index (χ0n) is 17.5. The van der Waals surface area contributed by atoms with Gasteiger partial charge in [0.2, 0.25) is 0 Å². The summed E-state index contributed by atoms with van der Waals surface area (Å²) in [4.78, 5) is 27.1. The topological polar surface area (TPSA) is 55.4 Å². The molecule has 1 amide bonds. The van der Waals surface area contributed by atoms with Crippen LogP contribution in [0.25, 0.3) is 11.1 Å². The Hall–Kier alpha value is -2.15. The number of benzene rings is 1. The molecule has 1 aromatic carbocycles. The number of carbonyl (C=O) groups is 2. The lowest BCUT2D eigenvalue weighted by Gasteiger charge is -2.12. The fraction of sp³-hybridized carbons (Fsp3) is 0.304. The van der Waals surface area contributed by atoms with Crippen molar-refractivity contribution in [3.8, 4) is 11.1 Å². The summed E-state index contributed by atoms with van der Waals surface area (Å²) < 4.78 is 6.04. The molecule has 30 heavy (non-hydrogen) atoms. The van der Waals surface area contributed by atoms with Crippen LogP contribution in [0.3, 0.4) is 0 Å². The maximum Gasteiger partial charge on any atom is 0.342 e. The molecular weight excluding hydrogens is 438 g/mol. The van der Waals surface area contributed by atoms with Gasteiger partial charge in [0, 0.05) is 10.4 Å². The predicted molar refractivity (Wildman–Crippen MR) is 126 cm³/mol. The average Bonchev–Trinajstić information content (AvgIpc) is 3.24. The van der Waals surface area contributed by atoms with Gasteiger partial charge in [-0.3, -0.25) is 4.79 Å². The standard InChI is InChI=1S/C23H24ClNO3S2/c1-12(2)15-6-8-16(9-7-15)19-14(5)29-22(20(19)23(27)28-13(3)4)25-21(26)17-10-11-18(24)30-17/h6-13H,1-5H3,(H,25,26). The number of ether oxygens (including phenoxy) is 1. The van der Waals surface area contributed by atoms with E-state index >= 15 is 0 Å². The molecule has 0 aliphatic carbocycles. The predicted octanol–water partition coefficient (Wildman–Crippen LogP) is 7.38. The van der Waals surface area contributed by atoms with E-state index < -0.39 is 5.97 Å². The lowest BCUT2D eigenvalue weighted by molar-refractivity contribution is 0.0380. The molecule has 2 heterocycles. The smallest absolute Gasteiger partial charge is 0.342 e. The summed E-state index contributed by atoms with van der Waals surface area (Å²) in [5, 5.41) is 3.37. The molecule has 2 aromatic heterocycles. The van der Waals surface area contributed by atoms with E-state index in [4.69, 9.17) is 16.3 Å². The van der Waals surface area contributed by atoms with Gasteiger partial charge < -0.3 is 10.1 Å². The fourth-order valence-electron chi connectivity index (χ4n) is 3.08. The Labute approximate surface area is 189 Å². The monoisotopic (exact) mass is 461 g/mol. The molecule has 158 valence electrons. The highest BCUT2D eigenvalue weighted by molar-refractivity contribution is 7.19. The number of aryl methyl sites for hydroxylation is 1. The Balaban J connectivity index is 2.05. The van der Waals surface area contributed by atoms with Crippen LogP contribution >= 0.6 is 34.3 Å². The van der Waals surface area contributed by atoms with Crippen molar-refractivity contribution in [3.63, 3.8) is 0 Å². The van der Waals surface area contributed by atoms with Gasteiger partial charge in [0.15, 0.2) is 0 Å². The largest absolute Gasteiger partial charge is 0.459 e. The van der Waals surface area contributed by atoms with Gasteiger partial charge in [-0.1, -0.05) is 49.7 Å². The third kappa shape index (κ3) is 4.94. The van der Waals surface area contributed by atoms with E-state index in [2.05, 4.69) is 31.3 Å². The number of rotatable bonds is 6. The van der Waals surface area contributed by atoms with Crippen molar-refractivity contribution in [1.82, 2.24) is 0 Å². The van der Waals surface area contributed by atoms with Crippen LogP contribution in [0.15, 0.2) is 36.4 Å². The highest BCUT2D eigenvalue weighted by Crippen LogP contribution is 2.41. The highest BCUT2D eigenvalue weighted by atomic mass is 35.5. The van der Waals surface area contributed by atoms with Gasteiger partial charge in [0.05, 0.1) is 15.3 Å². The van der Waals surface area contributed by atoms with E-state index in [1.807, 2.05) is 19.1 Å². The summed E-state index contributed by atoms with van der Waals surface area (Å²) in [5.74, 6) is -0.328. The molecule has 1 N–H and O–H groups in total. The zero-order valence-corrected chi connectivity index (χ0v) is 19.9. The zero-order chi connectivity index (χ0) is 22.0. The highest BCUT2D eigenvalue weighted by Gasteiger charge is 2.27. The molecule has 0 radical (unpaired) electrons. The summed E-state index contributed by atoms with van der Waals surface area (Å²) in [6.07, 6.45) is -0.270. The van der Waals surface area contributed by atoms with E-state index in [0.717, 1.165) is 16.0 Å². The molecule has 0 aliphatic heterocycles. The number of hydrogen-bond acceptors (Lipinski definition) is 5. The Morgan fingerprint density at radius 1 is 1.00 bits per heavy atom. The van der Waals surface area contributed by atoms with E-state index in [0.29, 0.717) is 25.7 Å². The molecule has 0 bridgehead atoms. The van der Waals surface area contributed by atoms with Gasteiger partial charge in [0.1, 0.15) is 10.6 Å².